The Balaban J connectivity index is 2.50. The molecule has 0 saturated heterocycles. The van der Waals surface area contributed by atoms with Crippen LogP contribution in [0, 0.1) is 13.7 Å². The fourth-order valence-corrected chi connectivity index (χ4v) is 2.25. The van der Waals surface area contributed by atoms with Crippen LogP contribution in [0.25, 0.3) is 11.4 Å². The fourth-order valence-electron chi connectivity index (χ4n) is 1.62. The lowest BCUT2D eigenvalue weighted by Crippen LogP contribution is -2.15. The van der Waals surface area contributed by atoms with E-state index >= 15 is 0 Å². The van der Waals surface area contributed by atoms with Gasteiger partial charge in [-0.25, -0.2) is 4.98 Å². The van der Waals surface area contributed by atoms with Crippen LogP contribution in [0.4, 0.5) is 5.69 Å². The van der Waals surface area contributed by atoms with Gasteiger partial charge in [-0.1, -0.05) is 6.92 Å². The molecule has 98 valence electrons. The van der Waals surface area contributed by atoms with Crippen molar-refractivity contribution in [3.05, 3.63) is 54.0 Å². The maximum absolute atomic E-state index is 11.8. The topological polar surface area (TPSA) is 88.9 Å². The van der Waals surface area contributed by atoms with Crippen LogP contribution in [0.3, 0.4) is 0 Å². The van der Waals surface area contributed by atoms with Crippen LogP contribution in [0.15, 0.2) is 29.1 Å². The molecule has 0 unspecified atom stereocenters. The van der Waals surface area contributed by atoms with Gasteiger partial charge in [0.1, 0.15) is 5.82 Å². The van der Waals surface area contributed by atoms with Gasteiger partial charge in [0.15, 0.2) is 0 Å². The zero-order valence-corrected chi connectivity index (χ0v) is 12.2. The highest BCUT2D eigenvalue weighted by molar-refractivity contribution is 14.1. The van der Waals surface area contributed by atoms with Crippen LogP contribution < -0.4 is 5.56 Å². The maximum Gasteiger partial charge on any atom is 0.269 e. The molecule has 6 nitrogen and oxygen atoms in total. The van der Waals surface area contributed by atoms with Gasteiger partial charge in [0, 0.05) is 17.7 Å². The summed E-state index contributed by atoms with van der Waals surface area (Å²) in [4.78, 5) is 28.9. The van der Waals surface area contributed by atoms with Crippen molar-refractivity contribution in [3.63, 3.8) is 0 Å². The molecule has 0 aliphatic rings. The number of nitro benzene ring substituents is 1. The van der Waals surface area contributed by atoms with Gasteiger partial charge in [0.2, 0.25) is 0 Å². The normalized spacial score (nSPS) is 10.4. The third kappa shape index (κ3) is 2.80. The van der Waals surface area contributed by atoms with Crippen LogP contribution >= 0.6 is 22.6 Å². The van der Waals surface area contributed by atoms with Crippen LogP contribution in [-0.4, -0.2) is 14.9 Å². The molecule has 2 rings (SSSR count). The Labute approximate surface area is 122 Å². The molecule has 1 aromatic heterocycles. The number of aromatic amines is 1. The monoisotopic (exact) mass is 371 g/mol. The fraction of sp³-hybridized carbons (Fsp3) is 0.167. The summed E-state index contributed by atoms with van der Waals surface area (Å²) in [7, 11) is 0. The molecule has 1 N–H and O–H groups in total. The molecular formula is C12H10IN3O3. The number of nitrogens with one attached hydrogen (secondary N) is 1. The van der Waals surface area contributed by atoms with E-state index in [4.69, 9.17) is 0 Å². The first-order valence-corrected chi connectivity index (χ1v) is 6.64. The molecule has 0 fully saturated rings. The number of rotatable bonds is 3. The minimum atomic E-state index is -0.467. The van der Waals surface area contributed by atoms with E-state index < -0.39 is 4.92 Å². The predicted molar refractivity (Wildman–Crippen MR) is 79.0 cm³/mol. The molecule has 7 heteroatoms. The Morgan fingerprint density at radius 2 is 2.00 bits per heavy atom. The van der Waals surface area contributed by atoms with Crippen molar-refractivity contribution in [1.82, 2.24) is 9.97 Å². The van der Waals surface area contributed by atoms with Crippen molar-refractivity contribution < 1.29 is 4.92 Å². The third-order valence-electron chi connectivity index (χ3n) is 2.62. The van der Waals surface area contributed by atoms with E-state index in [1.54, 1.807) is 12.1 Å². The zero-order valence-electron chi connectivity index (χ0n) is 10.0. The first-order chi connectivity index (χ1) is 9.02. The third-order valence-corrected chi connectivity index (χ3v) is 3.73. The Hall–Kier alpha value is -1.77. The van der Waals surface area contributed by atoms with E-state index in [0.717, 1.165) is 5.69 Å². The number of hydrogen-bond donors (Lipinski definition) is 1. The van der Waals surface area contributed by atoms with E-state index in [0.29, 0.717) is 21.4 Å². The number of halogens is 1. The zero-order chi connectivity index (χ0) is 14.0. The lowest BCUT2D eigenvalue weighted by Gasteiger charge is -2.05. The molecular weight excluding hydrogens is 361 g/mol. The molecule has 0 atom stereocenters. The quantitative estimate of drug-likeness (QED) is 0.510. The average molecular weight is 371 g/mol. The van der Waals surface area contributed by atoms with Crippen LogP contribution in [0.1, 0.15) is 12.6 Å². The number of nitrogens with zero attached hydrogens (tertiary/aromatic N) is 2. The van der Waals surface area contributed by atoms with Gasteiger partial charge in [-0.2, -0.15) is 0 Å². The van der Waals surface area contributed by atoms with Crippen molar-refractivity contribution >= 4 is 28.3 Å². The van der Waals surface area contributed by atoms with Crippen LogP contribution in [-0.2, 0) is 6.42 Å². The molecule has 0 bridgehead atoms. The van der Waals surface area contributed by atoms with Gasteiger partial charge in [-0.15, -0.1) is 0 Å². The van der Waals surface area contributed by atoms with Gasteiger partial charge >= 0.3 is 0 Å². The largest absolute Gasteiger partial charge is 0.306 e. The number of aromatic nitrogens is 2. The number of H-pyrrole nitrogens is 1. The summed E-state index contributed by atoms with van der Waals surface area (Å²) in [6.45, 7) is 1.92. The first-order valence-electron chi connectivity index (χ1n) is 5.56. The highest BCUT2D eigenvalue weighted by atomic mass is 127. The SMILES string of the molecule is CCc1nc(-c2ccc([N+](=O)[O-])cc2)[nH]c(=O)c1I. The second kappa shape index (κ2) is 5.47. The number of hydrogen-bond acceptors (Lipinski definition) is 4. The molecule has 0 radical (unpaired) electrons. The summed E-state index contributed by atoms with van der Waals surface area (Å²) in [6.07, 6.45) is 0.655. The molecule has 0 aliphatic carbocycles. The molecule has 1 aromatic carbocycles. The molecule has 2 aromatic rings. The van der Waals surface area contributed by atoms with Gasteiger partial charge in [-0.05, 0) is 41.1 Å². The van der Waals surface area contributed by atoms with E-state index in [2.05, 4.69) is 9.97 Å². The highest BCUT2D eigenvalue weighted by Gasteiger charge is 2.10. The van der Waals surface area contributed by atoms with Gasteiger partial charge in [-0.3, -0.25) is 14.9 Å². The van der Waals surface area contributed by atoms with Crippen LogP contribution in [0.2, 0.25) is 0 Å². The number of benzene rings is 1. The van der Waals surface area contributed by atoms with Crippen molar-refractivity contribution in [2.45, 2.75) is 13.3 Å². The average Bonchev–Trinajstić information content (AvgIpc) is 2.41. The van der Waals surface area contributed by atoms with Gasteiger partial charge < -0.3 is 4.98 Å². The van der Waals surface area contributed by atoms with Crippen molar-refractivity contribution in [2.24, 2.45) is 0 Å². The van der Waals surface area contributed by atoms with E-state index in [1.165, 1.54) is 12.1 Å². The Morgan fingerprint density at radius 1 is 1.37 bits per heavy atom. The smallest absolute Gasteiger partial charge is 0.269 e. The Bertz CT molecular complexity index is 680. The standard InChI is InChI=1S/C12H10IN3O3/c1-2-9-10(13)12(17)15-11(14-9)7-3-5-8(6-4-7)16(18)19/h3-6H,2H2,1H3,(H,14,15,17). The lowest BCUT2D eigenvalue weighted by molar-refractivity contribution is -0.384. The second-order valence-electron chi connectivity index (χ2n) is 3.83. The second-order valence-corrected chi connectivity index (χ2v) is 4.91. The van der Waals surface area contributed by atoms with Gasteiger partial charge in [0.05, 0.1) is 14.2 Å². The number of nitro groups is 1. The molecule has 0 amide bonds. The Kier molecular flexibility index (Phi) is 3.93. The maximum atomic E-state index is 11.8. The summed E-state index contributed by atoms with van der Waals surface area (Å²) < 4.78 is 0.575. The minimum absolute atomic E-state index is 0.00678. The van der Waals surface area contributed by atoms with Gasteiger partial charge in [0.25, 0.3) is 11.2 Å². The predicted octanol–water partition coefficient (Wildman–Crippen LogP) is 2.51. The summed E-state index contributed by atoms with van der Waals surface area (Å²) >= 11 is 1.96. The van der Waals surface area contributed by atoms with E-state index in [-0.39, 0.29) is 11.2 Å². The summed E-state index contributed by atoms with van der Waals surface area (Å²) in [5.74, 6) is 0.428. The molecule has 0 spiro atoms. The first kappa shape index (κ1) is 13.7. The molecule has 19 heavy (non-hydrogen) atoms. The summed E-state index contributed by atoms with van der Waals surface area (Å²) in [5.41, 5.74) is 1.18. The molecule has 0 saturated carbocycles. The highest BCUT2D eigenvalue weighted by Crippen LogP contribution is 2.19. The number of non-ortho nitro benzene ring substituents is 1. The summed E-state index contributed by atoms with van der Waals surface area (Å²) in [6, 6.07) is 5.92. The Morgan fingerprint density at radius 3 is 2.53 bits per heavy atom. The van der Waals surface area contributed by atoms with Crippen molar-refractivity contribution in [2.75, 3.05) is 0 Å². The van der Waals surface area contributed by atoms with Crippen LogP contribution in [0.5, 0.6) is 0 Å². The minimum Gasteiger partial charge on any atom is -0.306 e. The number of aryl methyl sites for hydroxylation is 1. The van der Waals surface area contributed by atoms with Crippen molar-refractivity contribution in [3.8, 4) is 11.4 Å². The molecule has 1 heterocycles. The van der Waals surface area contributed by atoms with E-state index in [1.807, 2.05) is 29.5 Å². The molecule has 0 aliphatic heterocycles. The lowest BCUT2D eigenvalue weighted by atomic mass is 10.2. The summed E-state index contributed by atoms with van der Waals surface area (Å²) in [5, 5.41) is 10.6. The van der Waals surface area contributed by atoms with E-state index in [9.17, 15) is 14.9 Å². The van der Waals surface area contributed by atoms with Crippen molar-refractivity contribution in [1.29, 1.82) is 0 Å².